The maximum absolute atomic E-state index is 13.1. The monoisotopic (exact) mass is 530 g/mol. The molecule has 0 saturated heterocycles. The molecule has 2 aliphatic heterocycles. The van der Waals surface area contributed by atoms with Crippen LogP contribution < -0.4 is 5.32 Å². The Bertz CT molecular complexity index is 1510. The van der Waals surface area contributed by atoms with Crippen LogP contribution in [0.4, 0.5) is 0 Å². The van der Waals surface area contributed by atoms with Gasteiger partial charge in [0.15, 0.2) is 5.78 Å². The molecule has 9 heteroatoms. The van der Waals surface area contributed by atoms with E-state index in [-0.39, 0.29) is 37.4 Å². The molecule has 2 aromatic carbocycles. The van der Waals surface area contributed by atoms with Gasteiger partial charge in [-0.2, -0.15) is 0 Å². The SMILES string of the molecule is COC(=O)C1=C(COCCN2C(=O)c3ccccc3C2=O)NC(C)=C(C(C)=O)C1c1csc2ccccc12. The Balaban J connectivity index is 1.42. The van der Waals surface area contributed by atoms with Crippen molar-refractivity contribution in [3.63, 3.8) is 0 Å². The first-order chi connectivity index (χ1) is 18.3. The Hall–Kier alpha value is -4.08. The van der Waals surface area contributed by atoms with Crippen LogP contribution in [0.15, 0.2) is 76.5 Å². The van der Waals surface area contributed by atoms with Crippen LogP contribution in [-0.4, -0.2) is 55.3 Å². The average molecular weight is 531 g/mol. The van der Waals surface area contributed by atoms with Crippen molar-refractivity contribution in [2.75, 3.05) is 26.9 Å². The fourth-order valence-electron chi connectivity index (χ4n) is 5.13. The lowest BCUT2D eigenvalue weighted by Gasteiger charge is -2.31. The van der Waals surface area contributed by atoms with E-state index < -0.39 is 11.9 Å². The van der Waals surface area contributed by atoms with E-state index in [1.54, 1.807) is 42.5 Å². The Morgan fingerprint density at radius 1 is 1.00 bits per heavy atom. The summed E-state index contributed by atoms with van der Waals surface area (Å²) in [6.07, 6.45) is 0. The minimum absolute atomic E-state index is 0.00526. The predicted molar refractivity (Wildman–Crippen MR) is 143 cm³/mol. The van der Waals surface area contributed by atoms with Crippen LogP contribution in [0.2, 0.25) is 0 Å². The van der Waals surface area contributed by atoms with E-state index in [4.69, 9.17) is 9.47 Å². The molecule has 1 aromatic heterocycles. The summed E-state index contributed by atoms with van der Waals surface area (Å²) in [4.78, 5) is 52.4. The largest absolute Gasteiger partial charge is 0.466 e. The maximum atomic E-state index is 13.1. The maximum Gasteiger partial charge on any atom is 0.336 e. The van der Waals surface area contributed by atoms with Gasteiger partial charge in [0.25, 0.3) is 11.8 Å². The zero-order valence-electron chi connectivity index (χ0n) is 21.2. The van der Waals surface area contributed by atoms with E-state index in [2.05, 4.69) is 5.32 Å². The van der Waals surface area contributed by atoms with Crippen LogP contribution in [0.1, 0.15) is 46.0 Å². The highest BCUT2D eigenvalue weighted by atomic mass is 32.1. The van der Waals surface area contributed by atoms with Gasteiger partial charge in [0.1, 0.15) is 0 Å². The molecule has 5 rings (SSSR count). The number of esters is 1. The molecule has 0 aliphatic carbocycles. The highest BCUT2D eigenvalue weighted by Gasteiger charge is 2.38. The first kappa shape index (κ1) is 25.6. The number of thiophene rings is 1. The summed E-state index contributed by atoms with van der Waals surface area (Å²) in [6.45, 7) is 3.42. The smallest absolute Gasteiger partial charge is 0.336 e. The Labute approximate surface area is 223 Å². The van der Waals surface area contributed by atoms with E-state index >= 15 is 0 Å². The molecule has 0 bridgehead atoms. The highest BCUT2D eigenvalue weighted by molar-refractivity contribution is 7.17. The Kier molecular flexibility index (Phi) is 6.96. The van der Waals surface area contributed by atoms with Gasteiger partial charge >= 0.3 is 5.97 Å². The van der Waals surface area contributed by atoms with Crippen molar-refractivity contribution < 1.29 is 28.7 Å². The zero-order valence-corrected chi connectivity index (χ0v) is 22.0. The van der Waals surface area contributed by atoms with E-state index in [1.807, 2.05) is 29.6 Å². The number of amides is 2. The molecule has 3 heterocycles. The van der Waals surface area contributed by atoms with Crippen molar-refractivity contribution in [2.45, 2.75) is 19.8 Å². The number of methoxy groups -OCH3 is 1. The summed E-state index contributed by atoms with van der Waals surface area (Å²) in [5, 5.41) is 6.12. The van der Waals surface area contributed by atoms with Gasteiger partial charge in [0.2, 0.25) is 0 Å². The van der Waals surface area contributed by atoms with Crippen LogP contribution in [0.25, 0.3) is 10.1 Å². The van der Waals surface area contributed by atoms with E-state index in [0.717, 1.165) is 20.5 Å². The molecule has 0 spiro atoms. The standard InChI is InChI=1S/C29H26N2O6S/c1-16-24(17(2)32)25(21-15-38-23-11-7-6-8-18(21)23)26(29(35)36-3)22(30-16)14-37-13-12-31-27(33)19-9-4-5-10-20(19)28(31)34/h4-11,15,25,30H,12-14H2,1-3H3. The molecule has 38 heavy (non-hydrogen) atoms. The summed E-state index contributed by atoms with van der Waals surface area (Å²) in [5.74, 6) is -2.06. The van der Waals surface area contributed by atoms with Crippen molar-refractivity contribution in [3.05, 3.63) is 93.1 Å². The molecule has 0 radical (unpaired) electrons. The van der Waals surface area contributed by atoms with Gasteiger partial charge in [0, 0.05) is 21.9 Å². The number of allylic oxidation sites excluding steroid dienone is 2. The number of ether oxygens (including phenoxy) is 2. The molecule has 0 saturated carbocycles. The molecular formula is C29H26N2O6S. The number of rotatable bonds is 8. The lowest BCUT2D eigenvalue weighted by atomic mass is 9.79. The van der Waals surface area contributed by atoms with Crippen LogP contribution >= 0.6 is 11.3 Å². The first-order valence-corrected chi connectivity index (χ1v) is 13.0. The molecule has 1 atom stereocenters. The molecule has 8 nitrogen and oxygen atoms in total. The fourth-order valence-corrected chi connectivity index (χ4v) is 6.12. The molecule has 1 N–H and O–H groups in total. The van der Waals surface area contributed by atoms with Crippen LogP contribution in [0.5, 0.6) is 0 Å². The van der Waals surface area contributed by atoms with E-state index in [1.165, 1.54) is 14.0 Å². The number of imide groups is 1. The molecule has 0 fully saturated rings. The average Bonchev–Trinajstić information content (AvgIpc) is 3.44. The molecule has 2 amide bonds. The summed E-state index contributed by atoms with van der Waals surface area (Å²) >= 11 is 1.55. The number of hydrogen-bond acceptors (Lipinski definition) is 8. The number of dihydropyridines is 1. The molecule has 194 valence electrons. The number of hydrogen-bond donors (Lipinski definition) is 1. The third-order valence-corrected chi connectivity index (χ3v) is 7.82. The highest BCUT2D eigenvalue weighted by Crippen LogP contribution is 2.43. The molecule has 2 aliphatic rings. The Morgan fingerprint density at radius 3 is 2.32 bits per heavy atom. The van der Waals surface area contributed by atoms with Gasteiger partial charge in [0.05, 0.1) is 49.3 Å². The lowest BCUT2D eigenvalue weighted by molar-refractivity contribution is -0.136. The second-order valence-corrected chi connectivity index (χ2v) is 10.00. The quantitative estimate of drug-likeness (QED) is 0.265. The number of nitrogens with zero attached hydrogens (tertiary/aromatic N) is 1. The molecular weight excluding hydrogens is 504 g/mol. The fraction of sp³-hybridized carbons (Fsp3) is 0.241. The van der Waals surface area contributed by atoms with Crippen LogP contribution in [0.3, 0.4) is 0 Å². The van der Waals surface area contributed by atoms with Crippen molar-refractivity contribution >= 4 is 45.0 Å². The third-order valence-electron chi connectivity index (χ3n) is 6.84. The lowest BCUT2D eigenvalue weighted by Crippen LogP contribution is -2.35. The van der Waals surface area contributed by atoms with Gasteiger partial charge in [-0.3, -0.25) is 19.3 Å². The third kappa shape index (κ3) is 4.33. The van der Waals surface area contributed by atoms with Crippen LogP contribution in [-0.2, 0) is 19.1 Å². The van der Waals surface area contributed by atoms with Gasteiger partial charge in [-0.05, 0) is 48.4 Å². The van der Waals surface area contributed by atoms with Gasteiger partial charge in [-0.15, -0.1) is 11.3 Å². The summed E-state index contributed by atoms with van der Waals surface area (Å²) in [6, 6.07) is 14.5. The number of carbonyl (C=O) groups excluding carboxylic acids is 4. The van der Waals surface area contributed by atoms with Crippen molar-refractivity contribution in [2.24, 2.45) is 0 Å². The number of ketones is 1. The second kappa shape index (κ2) is 10.4. The second-order valence-electron chi connectivity index (χ2n) is 9.08. The van der Waals surface area contributed by atoms with Gasteiger partial charge < -0.3 is 14.8 Å². The molecule has 1 unspecified atom stereocenters. The van der Waals surface area contributed by atoms with Gasteiger partial charge in [-0.25, -0.2) is 4.79 Å². The van der Waals surface area contributed by atoms with Crippen molar-refractivity contribution in [3.8, 4) is 0 Å². The minimum Gasteiger partial charge on any atom is -0.466 e. The topological polar surface area (TPSA) is 102 Å². The number of benzene rings is 2. The van der Waals surface area contributed by atoms with E-state index in [0.29, 0.717) is 33.7 Å². The van der Waals surface area contributed by atoms with Gasteiger partial charge in [-0.1, -0.05) is 30.3 Å². The zero-order chi connectivity index (χ0) is 27.0. The summed E-state index contributed by atoms with van der Waals surface area (Å²) in [5.41, 5.74) is 3.50. The number of nitrogens with one attached hydrogen (secondary N) is 1. The number of fused-ring (bicyclic) bond motifs is 2. The summed E-state index contributed by atoms with van der Waals surface area (Å²) in [7, 11) is 1.30. The molecule has 3 aromatic rings. The van der Waals surface area contributed by atoms with E-state index in [9.17, 15) is 19.2 Å². The minimum atomic E-state index is -0.632. The number of Topliss-reactive ketones (excluding diaryl/α,β-unsaturated/α-hetero) is 1. The van der Waals surface area contributed by atoms with Crippen LogP contribution in [0, 0.1) is 0 Å². The number of carbonyl (C=O) groups is 4. The first-order valence-electron chi connectivity index (χ1n) is 12.1. The summed E-state index contributed by atoms with van der Waals surface area (Å²) < 4.78 is 12.1. The normalized spacial score (nSPS) is 17.2. The van der Waals surface area contributed by atoms with Crippen molar-refractivity contribution in [1.29, 1.82) is 0 Å². The predicted octanol–water partition coefficient (Wildman–Crippen LogP) is 4.19. The van der Waals surface area contributed by atoms with Crippen molar-refractivity contribution in [1.82, 2.24) is 10.2 Å². The Morgan fingerprint density at radius 2 is 1.66 bits per heavy atom.